The Balaban J connectivity index is 1.45. The third-order valence-corrected chi connectivity index (χ3v) is 6.36. The predicted molar refractivity (Wildman–Crippen MR) is 137 cm³/mol. The number of rotatable bonds is 6. The average molecular weight is 477 g/mol. The quantitative estimate of drug-likeness (QED) is 0.460. The predicted octanol–water partition coefficient (Wildman–Crippen LogP) is 5.67. The summed E-state index contributed by atoms with van der Waals surface area (Å²) >= 11 is 0. The summed E-state index contributed by atoms with van der Waals surface area (Å²) in [5, 5.41) is 0. The Morgan fingerprint density at radius 1 is 0.914 bits per heavy atom. The number of carbonyl (C=O) groups is 1. The molecule has 1 amide bonds. The van der Waals surface area contributed by atoms with Gasteiger partial charge in [-0.05, 0) is 59.5 Å². The molecule has 6 heteroatoms. The fraction of sp³-hybridized carbons (Fsp3) is 0.345. The Morgan fingerprint density at radius 3 is 2.26 bits per heavy atom. The van der Waals surface area contributed by atoms with E-state index in [0.717, 1.165) is 22.6 Å². The van der Waals surface area contributed by atoms with Gasteiger partial charge in [0, 0.05) is 43.0 Å². The summed E-state index contributed by atoms with van der Waals surface area (Å²) in [6, 6.07) is 20.0. The van der Waals surface area contributed by atoms with Gasteiger partial charge in [0.05, 0.1) is 7.11 Å². The maximum absolute atomic E-state index is 13.3. The van der Waals surface area contributed by atoms with E-state index in [4.69, 9.17) is 9.47 Å². The van der Waals surface area contributed by atoms with Gasteiger partial charge in [-0.15, -0.1) is 0 Å². The molecule has 0 N–H and O–H groups in total. The van der Waals surface area contributed by atoms with Crippen molar-refractivity contribution in [3.05, 3.63) is 89.2 Å². The maximum atomic E-state index is 13.3. The lowest BCUT2D eigenvalue weighted by Crippen LogP contribution is -2.48. The topological polar surface area (TPSA) is 42.0 Å². The molecule has 0 spiro atoms. The second kappa shape index (κ2) is 10.4. The van der Waals surface area contributed by atoms with E-state index >= 15 is 0 Å². The molecule has 1 aliphatic rings. The molecule has 5 nitrogen and oxygen atoms in total. The van der Waals surface area contributed by atoms with Crippen molar-refractivity contribution in [2.24, 2.45) is 0 Å². The number of ether oxygens (including phenoxy) is 2. The van der Waals surface area contributed by atoms with Crippen LogP contribution in [-0.2, 0) is 12.0 Å². The van der Waals surface area contributed by atoms with Crippen LogP contribution in [0.15, 0.2) is 66.7 Å². The van der Waals surface area contributed by atoms with Crippen molar-refractivity contribution in [2.45, 2.75) is 32.8 Å². The zero-order valence-corrected chi connectivity index (χ0v) is 20.9. The zero-order valence-electron chi connectivity index (χ0n) is 20.9. The van der Waals surface area contributed by atoms with Crippen molar-refractivity contribution >= 4 is 11.6 Å². The summed E-state index contributed by atoms with van der Waals surface area (Å²) < 4.78 is 25.0. The van der Waals surface area contributed by atoms with Crippen LogP contribution in [0.25, 0.3) is 0 Å². The fourth-order valence-electron chi connectivity index (χ4n) is 4.39. The van der Waals surface area contributed by atoms with Crippen LogP contribution in [-0.4, -0.2) is 44.1 Å². The first-order valence-corrected chi connectivity index (χ1v) is 12.0. The van der Waals surface area contributed by atoms with E-state index in [1.165, 1.54) is 12.1 Å². The number of hydrogen-bond acceptors (Lipinski definition) is 4. The molecule has 184 valence electrons. The lowest BCUT2D eigenvalue weighted by Gasteiger charge is -2.36. The van der Waals surface area contributed by atoms with Crippen molar-refractivity contribution in [1.82, 2.24) is 4.90 Å². The van der Waals surface area contributed by atoms with Crippen molar-refractivity contribution in [2.75, 3.05) is 38.2 Å². The number of hydrogen-bond donors (Lipinski definition) is 0. The summed E-state index contributed by atoms with van der Waals surface area (Å²) in [6.07, 6.45) is 0. The Hall–Kier alpha value is -3.54. The lowest BCUT2D eigenvalue weighted by atomic mass is 9.86. The van der Waals surface area contributed by atoms with Crippen molar-refractivity contribution in [3.63, 3.8) is 0 Å². The molecule has 0 radical (unpaired) electrons. The molecule has 1 saturated heterocycles. The second-order valence-electron chi connectivity index (χ2n) is 9.82. The number of halogens is 1. The molecule has 0 aromatic heterocycles. The van der Waals surface area contributed by atoms with Crippen LogP contribution in [0.3, 0.4) is 0 Å². The summed E-state index contributed by atoms with van der Waals surface area (Å²) in [5.74, 6) is 1.26. The van der Waals surface area contributed by atoms with Gasteiger partial charge in [0.25, 0.3) is 5.91 Å². The highest BCUT2D eigenvalue weighted by atomic mass is 19.1. The van der Waals surface area contributed by atoms with Gasteiger partial charge in [-0.3, -0.25) is 4.79 Å². The van der Waals surface area contributed by atoms with Gasteiger partial charge in [-0.2, -0.15) is 0 Å². The first-order chi connectivity index (χ1) is 16.8. The Labute approximate surface area is 207 Å². The number of amides is 1. The third kappa shape index (κ3) is 5.76. The molecule has 0 unspecified atom stereocenters. The van der Waals surface area contributed by atoms with E-state index in [1.54, 1.807) is 25.3 Å². The standard InChI is InChI=1S/C29H33FN2O3/c1-29(2,3)25-7-5-6-8-27(25)35-20-22-19-21(9-14-26(22)34-4)28(33)32-17-15-31(16-18-32)24-12-10-23(30)11-13-24/h5-14,19H,15-18,20H2,1-4H3. The molecule has 3 aromatic rings. The zero-order chi connectivity index (χ0) is 25.0. The minimum Gasteiger partial charge on any atom is -0.496 e. The number of benzene rings is 3. The normalized spacial score (nSPS) is 14.1. The van der Waals surface area contributed by atoms with Gasteiger partial charge in [0.1, 0.15) is 23.9 Å². The Morgan fingerprint density at radius 2 is 1.60 bits per heavy atom. The van der Waals surface area contributed by atoms with Crippen molar-refractivity contribution < 1.29 is 18.7 Å². The van der Waals surface area contributed by atoms with E-state index in [2.05, 4.69) is 31.7 Å². The van der Waals surface area contributed by atoms with Gasteiger partial charge in [-0.25, -0.2) is 4.39 Å². The largest absolute Gasteiger partial charge is 0.496 e. The van der Waals surface area contributed by atoms with Crippen molar-refractivity contribution in [1.29, 1.82) is 0 Å². The van der Waals surface area contributed by atoms with Crippen LogP contribution in [0.5, 0.6) is 11.5 Å². The number of nitrogens with zero attached hydrogens (tertiary/aromatic N) is 2. The molecule has 1 heterocycles. The first kappa shape index (κ1) is 24.6. The first-order valence-electron chi connectivity index (χ1n) is 12.0. The van der Waals surface area contributed by atoms with Crippen LogP contribution in [0.4, 0.5) is 10.1 Å². The fourth-order valence-corrected chi connectivity index (χ4v) is 4.39. The second-order valence-corrected chi connectivity index (χ2v) is 9.82. The highest BCUT2D eigenvalue weighted by Crippen LogP contribution is 2.32. The van der Waals surface area contributed by atoms with Crippen LogP contribution >= 0.6 is 0 Å². The number of piperazine rings is 1. The summed E-state index contributed by atoms with van der Waals surface area (Å²) in [7, 11) is 1.62. The van der Waals surface area contributed by atoms with E-state index in [0.29, 0.717) is 44.1 Å². The average Bonchev–Trinajstić information content (AvgIpc) is 2.87. The van der Waals surface area contributed by atoms with Gasteiger partial charge >= 0.3 is 0 Å². The van der Waals surface area contributed by atoms with Gasteiger partial charge in [-0.1, -0.05) is 39.0 Å². The summed E-state index contributed by atoms with van der Waals surface area (Å²) in [6.45, 7) is 9.39. The number of methoxy groups -OCH3 is 1. The molecule has 1 aliphatic heterocycles. The molecule has 1 fully saturated rings. The van der Waals surface area contributed by atoms with Crippen LogP contribution in [0, 0.1) is 5.82 Å². The minimum absolute atomic E-state index is 0.0113. The molecular weight excluding hydrogens is 443 g/mol. The number of carbonyl (C=O) groups excluding carboxylic acids is 1. The summed E-state index contributed by atoms with van der Waals surface area (Å²) in [5.41, 5.74) is 3.49. The highest BCUT2D eigenvalue weighted by Gasteiger charge is 2.24. The van der Waals surface area contributed by atoms with Crippen LogP contribution < -0.4 is 14.4 Å². The van der Waals surface area contributed by atoms with Crippen molar-refractivity contribution in [3.8, 4) is 11.5 Å². The van der Waals surface area contributed by atoms with Gasteiger partial charge in [0.2, 0.25) is 0 Å². The summed E-state index contributed by atoms with van der Waals surface area (Å²) in [4.78, 5) is 17.3. The molecule has 4 rings (SSSR count). The van der Waals surface area contributed by atoms with Gasteiger partial charge in [0.15, 0.2) is 0 Å². The van der Waals surface area contributed by atoms with Crippen LogP contribution in [0.2, 0.25) is 0 Å². The lowest BCUT2D eigenvalue weighted by molar-refractivity contribution is 0.0746. The molecule has 0 bridgehead atoms. The van der Waals surface area contributed by atoms with E-state index < -0.39 is 0 Å². The molecule has 35 heavy (non-hydrogen) atoms. The Kier molecular flexibility index (Phi) is 7.29. The smallest absolute Gasteiger partial charge is 0.253 e. The van der Waals surface area contributed by atoms with E-state index in [9.17, 15) is 9.18 Å². The molecular formula is C29H33FN2O3. The third-order valence-electron chi connectivity index (χ3n) is 6.36. The highest BCUT2D eigenvalue weighted by molar-refractivity contribution is 5.94. The Bertz CT molecular complexity index is 1160. The molecule has 0 atom stereocenters. The van der Waals surface area contributed by atoms with E-state index in [1.807, 2.05) is 35.2 Å². The SMILES string of the molecule is COc1ccc(C(=O)N2CCN(c3ccc(F)cc3)CC2)cc1COc1ccccc1C(C)(C)C. The number of para-hydroxylation sites is 1. The minimum atomic E-state index is -0.247. The van der Waals surface area contributed by atoms with Crippen LogP contribution in [0.1, 0.15) is 42.3 Å². The van der Waals surface area contributed by atoms with E-state index in [-0.39, 0.29) is 17.1 Å². The monoisotopic (exact) mass is 476 g/mol. The van der Waals surface area contributed by atoms with Gasteiger partial charge < -0.3 is 19.3 Å². The number of anilines is 1. The maximum Gasteiger partial charge on any atom is 0.253 e. The molecule has 0 saturated carbocycles. The molecule has 0 aliphatic carbocycles. The molecule has 3 aromatic carbocycles.